The van der Waals surface area contributed by atoms with Gasteiger partial charge in [0.25, 0.3) is 0 Å². The van der Waals surface area contributed by atoms with Crippen molar-refractivity contribution in [1.29, 1.82) is 0 Å². The van der Waals surface area contributed by atoms with Gasteiger partial charge >= 0.3 is 0 Å². The number of aryl methyl sites for hydroxylation is 1. The van der Waals surface area contributed by atoms with E-state index in [1.165, 1.54) is 17.5 Å². The first-order valence-electron chi connectivity index (χ1n) is 8.50. The van der Waals surface area contributed by atoms with Gasteiger partial charge in [-0.2, -0.15) is 4.98 Å². The summed E-state index contributed by atoms with van der Waals surface area (Å²) in [4.78, 5) is 16.1. The molecule has 2 N–H and O–H groups in total. The number of fused-ring (bicyclic) bond motifs is 3. The van der Waals surface area contributed by atoms with Gasteiger partial charge in [0.05, 0.1) is 6.54 Å². The predicted molar refractivity (Wildman–Crippen MR) is 95.3 cm³/mol. The highest BCUT2D eigenvalue weighted by molar-refractivity contribution is 5.86. The van der Waals surface area contributed by atoms with Crippen LogP contribution in [0, 0.1) is 6.92 Å². The van der Waals surface area contributed by atoms with Gasteiger partial charge in [0.2, 0.25) is 5.95 Å². The molecule has 122 valence electrons. The zero-order chi connectivity index (χ0) is 16.1. The molecule has 3 aliphatic rings. The van der Waals surface area contributed by atoms with E-state index >= 15 is 0 Å². The molecule has 5 rings (SSSR count). The standard InChI is InChI=1S/C18H20N6/c1-11-4-17(22-14-3-2-12-7-19-8-13(12)5-14)23-18(21-11)24-10-15-6-16(24)9-20-15/h2-5,8,15-16,20H,6-7,9-10H2,1H3,(H,21,22,23). The van der Waals surface area contributed by atoms with Gasteiger partial charge in [-0.1, -0.05) is 6.07 Å². The lowest BCUT2D eigenvalue weighted by molar-refractivity contribution is 0.571. The van der Waals surface area contributed by atoms with E-state index in [1.807, 2.05) is 19.2 Å². The Morgan fingerprint density at radius 1 is 1.25 bits per heavy atom. The maximum atomic E-state index is 4.77. The first-order valence-corrected chi connectivity index (χ1v) is 8.50. The van der Waals surface area contributed by atoms with Gasteiger partial charge in [0.1, 0.15) is 5.82 Å². The highest BCUT2D eigenvalue weighted by atomic mass is 15.4. The molecule has 4 heterocycles. The summed E-state index contributed by atoms with van der Waals surface area (Å²) in [6, 6.07) is 9.46. The minimum Gasteiger partial charge on any atom is -0.340 e. The summed E-state index contributed by atoms with van der Waals surface area (Å²) in [6.07, 6.45) is 3.13. The molecule has 0 saturated carbocycles. The van der Waals surface area contributed by atoms with Crippen molar-refractivity contribution in [3.63, 3.8) is 0 Å². The second kappa shape index (κ2) is 5.27. The van der Waals surface area contributed by atoms with Crippen molar-refractivity contribution in [3.05, 3.63) is 41.1 Å². The van der Waals surface area contributed by atoms with E-state index in [-0.39, 0.29) is 0 Å². The van der Waals surface area contributed by atoms with Crippen molar-refractivity contribution in [2.45, 2.75) is 32.0 Å². The fourth-order valence-electron chi connectivity index (χ4n) is 3.88. The van der Waals surface area contributed by atoms with Crippen molar-refractivity contribution in [2.75, 3.05) is 23.3 Å². The number of benzene rings is 1. The van der Waals surface area contributed by atoms with Gasteiger partial charge in [-0.25, -0.2) is 4.98 Å². The molecule has 2 saturated heterocycles. The Morgan fingerprint density at radius 2 is 2.21 bits per heavy atom. The smallest absolute Gasteiger partial charge is 0.227 e. The summed E-state index contributed by atoms with van der Waals surface area (Å²) >= 11 is 0. The molecule has 2 atom stereocenters. The van der Waals surface area contributed by atoms with Crippen LogP contribution in [0.5, 0.6) is 0 Å². The molecule has 2 fully saturated rings. The summed E-state index contributed by atoms with van der Waals surface area (Å²) in [5, 5.41) is 6.95. The van der Waals surface area contributed by atoms with Crippen LogP contribution in [0.1, 0.15) is 23.2 Å². The average Bonchev–Trinajstić information content (AvgIpc) is 3.30. The zero-order valence-electron chi connectivity index (χ0n) is 13.7. The molecule has 1 aromatic carbocycles. The molecule has 1 aromatic heterocycles. The molecule has 6 nitrogen and oxygen atoms in total. The quantitative estimate of drug-likeness (QED) is 0.906. The topological polar surface area (TPSA) is 65.4 Å². The van der Waals surface area contributed by atoms with Crippen molar-refractivity contribution in [2.24, 2.45) is 4.99 Å². The lowest BCUT2D eigenvalue weighted by Crippen LogP contribution is -2.44. The molecule has 3 aliphatic heterocycles. The molecule has 0 spiro atoms. The molecular formula is C18H20N6. The van der Waals surface area contributed by atoms with Crippen LogP contribution in [-0.4, -0.2) is 41.4 Å². The molecule has 0 amide bonds. The van der Waals surface area contributed by atoms with Crippen molar-refractivity contribution >= 4 is 23.7 Å². The van der Waals surface area contributed by atoms with E-state index in [0.717, 1.165) is 42.8 Å². The van der Waals surface area contributed by atoms with E-state index in [9.17, 15) is 0 Å². The predicted octanol–water partition coefficient (Wildman–Crippen LogP) is 2.01. The Labute approximate surface area is 141 Å². The molecule has 2 unspecified atom stereocenters. The van der Waals surface area contributed by atoms with Gasteiger partial charge < -0.3 is 15.5 Å². The summed E-state index contributed by atoms with van der Waals surface area (Å²) < 4.78 is 0. The third-order valence-electron chi connectivity index (χ3n) is 5.07. The van der Waals surface area contributed by atoms with Crippen LogP contribution in [0.2, 0.25) is 0 Å². The van der Waals surface area contributed by atoms with Gasteiger partial charge in [0.15, 0.2) is 0 Å². The first-order chi connectivity index (χ1) is 11.7. The number of aromatic nitrogens is 2. The van der Waals surface area contributed by atoms with E-state index in [4.69, 9.17) is 4.98 Å². The largest absolute Gasteiger partial charge is 0.340 e. The van der Waals surface area contributed by atoms with E-state index in [1.54, 1.807) is 0 Å². The number of rotatable bonds is 3. The maximum Gasteiger partial charge on any atom is 0.227 e. The van der Waals surface area contributed by atoms with Crippen LogP contribution >= 0.6 is 0 Å². The maximum absolute atomic E-state index is 4.77. The molecular weight excluding hydrogens is 300 g/mol. The second-order valence-electron chi connectivity index (χ2n) is 6.85. The minimum absolute atomic E-state index is 0.529. The highest BCUT2D eigenvalue weighted by Crippen LogP contribution is 2.29. The Bertz CT molecular complexity index is 830. The molecule has 0 radical (unpaired) electrons. The van der Waals surface area contributed by atoms with Crippen LogP contribution in [0.4, 0.5) is 17.5 Å². The van der Waals surface area contributed by atoms with Crippen LogP contribution in [-0.2, 0) is 6.54 Å². The normalized spacial score (nSPS) is 23.8. The third kappa shape index (κ3) is 2.34. The first kappa shape index (κ1) is 13.9. The van der Waals surface area contributed by atoms with Gasteiger partial charge in [-0.05, 0) is 36.6 Å². The molecule has 2 aromatic rings. The summed E-state index contributed by atoms with van der Waals surface area (Å²) in [6.45, 7) is 4.86. The van der Waals surface area contributed by atoms with Crippen molar-refractivity contribution < 1.29 is 0 Å². The van der Waals surface area contributed by atoms with Crippen LogP contribution < -0.4 is 15.5 Å². The zero-order valence-corrected chi connectivity index (χ0v) is 13.7. The number of aliphatic imine (C=N–C) groups is 1. The monoisotopic (exact) mass is 320 g/mol. The molecule has 24 heavy (non-hydrogen) atoms. The van der Waals surface area contributed by atoms with E-state index in [0.29, 0.717) is 12.1 Å². The van der Waals surface area contributed by atoms with E-state index < -0.39 is 0 Å². The number of nitrogens with one attached hydrogen (secondary N) is 2. The Kier molecular flexibility index (Phi) is 3.06. The Hall–Kier alpha value is -2.47. The number of hydrogen-bond acceptors (Lipinski definition) is 6. The third-order valence-corrected chi connectivity index (χ3v) is 5.07. The fourth-order valence-corrected chi connectivity index (χ4v) is 3.88. The minimum atomic E-state index is 0.529. The van der Waals surface area contributed by atoms with E-state index in [2.05, 4.69) is 43.7 Å². The molecule has 0 aliphatic carbocycles. The average molecular weight is 320 g/mol. The van der Waals surface area contributed by atoms with Crippen LogP contribution in [0.25, 0.3) is 0 Å². The van der Waals surface area contributed by atoms with Gasteiger partial charge in [-0.15, -0.1) is 0 Å². The van der Waals surface area contributed by atoms with Crippen LogP contribution in [0.15, 0.2) is 29.3 Å². The molecule has 2 bridgehead atoms. The summed E-state index contributed by atoms with van der Waals surface area (Å²) in [7, 11) is 0. The lowest BCUT2D eigenvalue weighted by atomic mass is 10.1. The SMILES string of the molecule is Cc1cc(Nc2ccc3c(c2)C=NC3)nc(N2CC3CC2CN3)n1. The highest BCUT2D eigenvalue weighted by Gasteiger charge is 2.38. The van der Waals surface area contributed by atoms with Crippen molar-refractivity contribution in [1.82, 2.24) is 15.3 Å². The number of nitrogens with zero attached hydrogens (tertiary/aromatic N) is 4. The van der Waals surface area contributed by atoms with Gasteiger partial charge in [-0.3, -0.25) is 4.99 Å². The Balaban J connectivity index is 1.43. The number of hydrogen-bond donors (Lipinski definition) is 2. The number of anilines is 3. The number of piperazine rings is 1. The van der Waals surface area contributed by atoms with Gasteiger partial charge in [0, 0.05) is 48.8 Å². The molecule has 6 heteroatoms. The summed E-state index contributed by atoms with van der Waals surface area (Å²) in [5.41, 5.74) is 4.49. The summed E-state index contributed by atoms with van der Waals surface area (Å²) in [5.74, 6) is 1.69. The lowest BCUT2D eigenvalue weighted by Gasteiger charge is -2.27. The van der Waals surface area contributed by atoms with Crippen LogP contribution in [0.3, 0.4) is 0 Å². The van der Waals surface area contributed by atoms with Crippen molar-refractivity contribution in [3.8, 4) is 0 Å². The fraction of sp³-hybridized carbons (Fsp3) is 0.389. The Morgan fingerprint density at radius 3 is 3.04 bits per heavy atom. The second-order valence-corrected chi connectivity index (χ2v) is 6.85.